The molecule has 0 bridgehead atoms. The van der Waals surface area contributed by atoms with Crippen molar-refractivity contribution in [1.82, 2.24) is 4.90 Å². The van der Waals surface area contributed by atoms with E-state index >= 15 is 0 Å². The van der Waals surface area contributed by atoms with Crippen LogP contribution in [0.3, 0.4) is 0 Å². The molecule has 0 amide bonds. The maximum Gasteiger partial charge on any atom is 0.176 e. The number of ketones is 1. The second-order valence-corrected chi connectivity index (χ2v) is 6.10. The van der Waals surface area contributed by atoms with E-state index in [4.69, 9.17) is 4.74 Å². The van der Waals surface area contributed by atoms with E-state index in [1.807, 2.05) is 31.3 Å². The van der Waals surface area contributed by atoms with Crippen LogP contribution < -0.4 is 0 Å². The van der Waals surface area contributed by atoms with E-state index in [1.165, 1.54) is 0 Å². The van der Waals surface area contributed by atoms with E-state index in [1.54, 1.807) is 0 Å². The van der Waals surface area contributed by atoms with Gasteiger partial charge < -0.3 is 4.74 Å². The Kier molecular flexibility index (Phi) is 5.55. The van der Waals surface area contributed by atoms with E-state index in [9.17, 15) is 4.79 Å². The summed E-state index contributed by atoms with van der Waals surface area (Å²) in [6, 6.07) is 7.56. The number of carbonyl (C=O) groups excluding carboxylic acids is 1. The SMILES string of the molecule is CN(CC(=O)c1ccc(Br)cc1)CC1CCOCC1. The Labute approximate surface area is 123 Å². The van der Waals surface area contributed by atoms with Crippen LogP contribution in [0.5, 0.6) is 0 Å². The summed E-state index contributed by atoms with van der Waals surface area (Å²) in [5.74, 6) is 0.846. The highest BCUT2D eigenvalue weighted by Gasteiger charge is 2.17. The zero-order valence-corrected chi connectivity index (χ0v) is 12.9. The predicted molar refractivity (Wildman–Crippen MR) is 79.5 cm³/mol. The second kappa shape index (κ2) is 7.17. The third kappa shape index (κ3) is 4.71. The van der Waals surface area contributed by atoms with Gasteiger partial charge in [0.2, 0.25) is 0 Å². The van der Waals surface area contributed by atoms with Crippen LogP contribution in [0.1, 0.15) is 23.2 Å². The van der Waals surface area contributed by atoms with E-state index in [2.05, 4.69) is 20.8 Å². The van der Waals surface area contributed by atoms with Gasteiger partial charge in [0.15, 0.2) is 5.78 Å². The molecule has 0 radical (unpaired) electrons. The fourth-order valence-electron chi connectivity index (χ4n) is 2.41. The third-order valence-corrected chi connectivity index (χ3v) is 4.02. The smallest absolute Gasteiger partial charge is 0.176 e. The molecule has 0 aliphatic carbocycles. The first-order valence-corrected chi connectivity index (χ1v) is 7.49. The Morgan fingerprint density at radius 3 is 2.58 bits per heavy atom. The maximum atomic E-state index is 12.1. The minimum atomic E-state index is 0.182. The van der Waals surface area contributed by atoms with E-state index < -0.39 is 0 Å². The van der Waals surface area contributed by atoms with Gasteiger partial charge in [-0.05, 0) is 37.9 Å². The van der Waals surface area contributed by atoms with E-state index in [0.29, 0.717) is 12.5 Å². The van der Waals surface area contributed by atoms with Crippen molar-refractivity contribution in [2.45, 2.75) is 12.8 Å². The first kappa shape index (κ1) is 14.7. The maximum absolute atomic E-state index is 12.1. The van der Waals surface area contributed by atoms with E-state index in [0.717, 1.165) is 42.6 Å². The summed E-state index contributed by atoms with van der Waals surface area (Å²) in [5, 5.41) is 0. The first-order chi connectivity index (χ1) is 9.15. The molecule has 1 saturated heterocycles. The molecule has 0 spiro atoms. The Bertz CT molecular complexity index is 413. The summed E-state index contributed by atoms with van der Waals surface area (Å²) in [5.41, 5.74) is 0.780. The number of benzene rings is 1. The highest BCUT2D eigenvalue weighted by Crippen LogP contribution is 2.16. The van der Waals surface area contributed by atoms with Gasteiger partial charge in [-0.15, -0.1) is 0 Å². The molecule has 1 aliphatic rings. The minimum absolute atomic E-state index is 0.182. The van der Waals surface area contributed by atoms with Crippen LogP contribution in [0, 0.1) is 5.92 Å². The summed E-state index contributed by atoms with van der Waals surface area (Å²) in [7, 11) is 2.02. The Hall–Kier alpha value is -0.710. The normalized spacial score (nSPS) is 16.8. The lowest BCUT2D eigenvalue weighted by Gasteiger charge is -2.26. The molecule has 0 aromatic heterocycles. The average Bonchev–Trinajstić information content (AvgIpc) is 2.40. The zero-order chi connectivity index (χ0) is 13.7. The highest BCUT2D eigenvalue weighted by molar-refractivity contribution is 9.10. The van der Waals surface area contributed by atoms with Gasteiger partial charge >= 0.3 is 0 Å². The molecule has 104 valence electrons. The van der Waals surface area contributed by atoms with Crippen molar-refractivity contribution < 1.29 is 9.53 Å². The molecule has 1 aromatic rings. The summed E-state index contributed by atoms with van der Waals surface area (Å²) < 4.78 is 6.35. The molecule has 1 aliphatic heterocycles. The van der Waals surface area contributed by atoms with Crippen LogP contribution in [-0.2, 0) is 4.74 Å². The van der Waals surface area contributed by atoms with Crippen molar-refractivity contribution in [3.63, 3.8) is 0 Å². The number of ether oxygens (including phenoxy) is 1. The number of Topliss-reactive ketones (excluding diaryl/α,β-unsaturated/α-hetero) is 1. The summed E-state index contributed by atoms with van der Waals surface area (Å²) in [6.45, 7) is 3.18. The number of nitrogens with zero attached hydrogens (tertiary/aromatic N) is 1. The van der Waals surface area contributed by atoms with Crippen LogP contribution >= 0.6 is 15.9 Å². The summed E-state index contributed by atoms with van der Waals surface area (Å²) in [4.78, 5) is 14.3. The molecule has 0 N–H and O–H groups in total. The lowest BCUT2D eigenvalue weighted by atomic mass is 9.99. The van der Waals surface area contributed by atoms with Crippen LogP contribution in [0.2, 0.25) is 0 Å². The van der Waals surface area contributed by atoms with Crippen molar-refractivity contribution in [3.05, 3.63) is 34.3 Å². The average molecular weight is 326 g/mol. The van der Waals surface area contributed by atoms with Gasteiger partial charge in [-0.1, -0.05) is 28.1 Å². The molecule has 3 nitrogen and oxygen atoms in total. The van der Waals surface area contributed by atoms with Crippen molar-refractivity contribution in [1.29, 1.82) is 0 Å². The van der Waals surface area contributed by atoms with Crippen LogP contribution in [0.15, 0.2) is 28.7 Å². The van der Waals surface area contributed by atoms with Crippen LogP contribution in [0.25, 0.3) is 0 Å². The Balaban J connectivity index is 1.82. The van der Waals surface area contributed by atoms with Gasteiger partial charge in [-0.2, -0.15) is 0 Å². The molecule has 1 fully saturated rings. The van der Waals surface area contributed by atoms with Crippen LogP contribution in [-0.4, -0.2) is 44.0 Å². The molecule has 0 unspecified atom stereocenters. The third-order valence-electron chi connectivity index (χ3n) is 3.49. The molecule has 4 heteroatoms. The molecular weight excluding hydrogens is 306 g/mol. The molecule has 0 saturated carbocycles. The molecule has 2 rings (SSSR count). The van der Waals surface area contributed by atoms with Crippen molar-refractivity contribution in [2.24, 2.45) is 5.92 Å². The number of hydrogen-bond acceptors (Lipinski definition) is 3. The lowest BCUT2D eigenvalue weighted by molar-refractivity contribution is 0.0549. The quantitative estimate of drug-likeness (QED) is 0.779. The van der Waals surface area contributed by atoms with Crippen molar-refractivity contribution in [2.75, 3.05) is 33.4 Å². The number of rotatable bonds is 5. The molecule has 0 atom stereocenters. The molecule has 1 heterocycles. The van der Waals surface area contributed by atoms with E-state index in [-0.39, 0.29) is 5.78 Å². The lowest BCUT2D eigenvalue weighted by Crippen LogP contribution is -2.33. The minimum Gasteiger partial charge on any atom is -0.381 e. The Morgan fingerprint density at radius 1 is 1.32 bits per heavy atom. The zero-order valence-electron chi connectivity index (χ0n) is 11.3. The second-order valence-electron chi connectivity index (χ2n) is 5.18. The van der Waals surface area contributed by atoms with Gasteiger partial charge in [0.05, 0.1) is 6.54 Å². The van der Waals surface area contributed by atoms with Gasteiger partial charge in [0, 0.05) is 29.8 Å². The summed E-state index contributed by atoms with van der Waals surface area (Å²) in [6.07, 6.45) is 2.22. The number of halogens is 1. The molecular formula is C15H20BrNO2. The van der Waals surface area contributed by atoms with Gasteiger partial charge in [-0.3, -0.25) is 9.69 Å². The van der Waals surface area contributed by atoms with Gasteiger partial charge in [0.25, 0.3) is 0 Å². The van der Waals surface area contributed by atoms with Gasteiger partial charge in [-0.25, -0.2) is 0 Å². The van der Waals surface area contributed by atoms with Gasteiger partial charge in [0.1, 0.15) is 0 Å². The highest BCUT2D eigenvalue weighted by atomic mass is 79.9. The monoisotopic (exact) mass is 325 g/mol. The standard InChI is InChI=1S/C15H20BrNO2/c1-17(10-12-6-8-19-9-7-12)11-15(18)13-2-4-14(16)5-3-13/h2-5,12H,6-11H2,1H3. The predicted octanol–water partition coefficient (Wildman–Crippen LogP) is 2.99. The number of likely N-dealkylation sites (N-methyl/N-ethyl adjacent to an activating group) is 1. The number of carbonyl (C=O) groups is 1. The fourth-order valence-corrected chi connectivity index (χ4v) is 2.67. The Morgan fingerprint density at radius 2 is 1.95 bits per heavy atom. The largest absolute Gasteiger partial charge is 0.381 e. The molecule has 1 aromatic carbocycles. The molecule has 19 heavy (non-hydrogen) atoms. The van der Waals surface area contributed by atoms with Crippen LogP contribution in [0.4, 0.5) is 0 Å². The summed E-state index contributed by atoms with van der Waals surface area (Å²) >= 11 is 3.38. The number of hydrogen-bond donors (Lipinski definition) is 0. The topological polar surface area (TPSA) is 29.5 Å². The van der Waals surface area contributed by atoms with Crippen molar-refractivity contribution in [3.8, 4) is 0 Å². The fraction of sp³-hybridized carbons (Fsp3) is 0.533. The first-order valence-electron chi connectivity index (χ1n) is 6.70. The van der Waals surface area contributed by atoms with Crippen molar-refractivity contribution >= 4 is 21.7 Å².